The van der Waals surface area contributed by atoms with Crippen molar-refractivity contribution in [3.05, 3.63) is 52.7 Å². The number of nitrogens with zero attached hydrogens (tertiary/aromatic N) is 3. The molecule has 0 fully saturated rings. The van der Waals surface area contributed by atoms with E-state index in [-0.39, 0.29) is 12.0 Å². The van der Waals surface area contributed by atoms with Crippen molar-refractivity contribution in [2.24, 2.45) is 4.99 Å². The minimum atomic E-state index is -0.295. The Labute approximate surface area is 159 Å². The maximum Gasteiger partial charge on any atom is 0.338 e. The number of rotatable bonds is 6. The van der Waals surface area contributed by atoms with Gasteiger partial charge in [-0.25, -0.2) is 9.79 Å². The van der Waals surface area contributed by atoms with Gasteiger partial charge in [-0.15, -0.1) is 0 Å². The van der Waals surface area contributed by atoms with Gasteiger partial charge in [0.05, 0.1) is 23.9 Å². The maximum atomic E-state index is 12.6. The SMILES string of the molecule is CCOC(=O)C1=C(C)N=C2SC=CN2[C@H]1c1ccc(N(CC)CC)cc1. The third kappa shape index (κ3) is 3.38. The zero-order valence-corrected chi connectivity index (χ0v) is 16.5. The largest absolute Gasteiger partial charge is 0.463 e. The van der Waals surface area contributed by atoms with Gasteiger partial charge in [0, 0.05) is 25.0 Å². The number of ether oxygens (including phenoxy) is 1. The molecular formula is C20H25N3O2S. The zero-order chi connectivity index (χ0) is 18.7. The summed E-state index contributed by atoms with van der Waals surface area (Å²) in [5.74, 6) is -0.295. The van der Waals surface area contributed by atoms with E-state index in [1.807, 2.05) is 25.5 Å². The van der Waals surface area contributed by atoms with Crippen LogP contribution in [0, 0.1) is 0 Å². The van der Waals surface area contributed by atoms with Crippen molar-refractivity contribution in [3.8, 4) is 0 Å². The fourth-order valence-corrected chi connectivity index (χ4v) is 4.15. The number of benzene rings is 1. The molecule has 2 aliphatic heterocycles. The van der Waals surface area contributed by atoms with Crippen LogP contribution in [0.3, 0.4) is 0 Å². The Balaban J connectivity index is 2.00. The van der Waals surface area contributed by atoms with Crippen molar-refractivity contribution in [2.75, 3.05) is 24.6 Å². The van der Waals surface area contributed by atoms with E-state index < -0.39 is 0 Å². The summed E-state index contributed by atoms with van der Waals surface area (Å²) >= 11 is 1.57. The normalized spacial score (nSPS) is 18.7. The molecule has 138 valence electrons. The number of carbonyl (C=O) groups excluding carboxylic acids is 1. The molecule has 0 unspecified atom stereocenters. The minimum Gasteiger partial charge on any atom is -0.463 e. The van der Waals surface area contributed by atoms with Gasteiger partial charge < -0.3 is 14.5 Å². The molecule has 1 atom stereocenters. The quantitative estimate of drug-likeness (QED) is 0.698. The summed E-state index contributed by atoms with van der Waals surface area (Å²) in [5.41, 5.74) is 3.58. The lowest BCUT2D eigenvalue weighted by atomic mass is 9.94. The second kappa shape index (κ2) is 7.99. The monoisotopic (exact) mass is 371 g/mol. The van der Waals surface area contributed by atoms with Gasteiger partial charge in [-0.05, 0) is 50.8 Å². The number of fused-ring (bicyclic) bond motifs is 1. The van der Waals surface area contributed by atoms with Gasteiger partial charge >= 0.3 is 5.97 Å². The van der Waals surface area contributed by atoms with Crippen molar-refractivity contribution < 1.29 is 9.53 Å². The van der Waals surface area contributed by atoms with Crippen LogP contribution in [0.2, 0.25) is 0 Å². The molecule has 0 amide bonds. The fraction of sp³-hybridized carbons (Fsp3) is 0.400. The lowest BCUT2D eigenvalue weighted by Crippen LogP contribution is -2.34. The second-order valence-corrected chi connectivity index (χ2v) is 6.96. The van der Waals surface area contributed by atoms with Crippen molar-refractivity contribution >= 4 is 28.6 Å². The molecule has 26 heavy (non-hydrogen) atoms. The van der Waals surface area contributed by atoms with Gasteiger partial charge in [-0.3, -0.25) is 0 Å². The number of amidine groups is 1. The van der Waals surface area contributed by atoms with Gasteiger partial charge in [-0.2, -0.15) is 0 Å². The lowest BCUT2D eigenvalue weighted by molar-refractivity contribution is -0.139. The Hall–Kier alpha value is -2.21. The number of carbonyl (C=O) groups is 1. The summed E-state index contributed by atoms with van der Waals surface area (Å²) in [7, 11) is 0. The summed E-state index contributed by atoms with van der Waals surface area (Å²) in [5, 5.41) is 2.89. The molecule has 6 heteroatoms. The topological polar surface area (TPSA) is 45.1 Å². The molecule has 2 aliphatic rings. The predicted molar refractivity (Wildman–Crippen MR) is 108 cm³/mol. The van der Waals surface area contributed by atoms with Gasteiger partial charge in [0.2, 0.25) is 0 Å². The Morgan fingerprint density at radius 2 is 1.92 bits per heavy atom. The van der Waals surface area contributed by atoms with E-state index in [1.54, 1.807) is 11.8 Å². The van der Waals surface area contributed by atoms with E-state index in [9.17, 15) is 4.79 Å². The molecule has 0 radical (unpaired) electrons. The van der Waals surface area contributed by atoms with Crippen LogP contribution in [-0.2, 0) is 9.53 Å². The van der Waals surface area contributed by atoms with Crippen molar-refractivity contribution in [3.63, 3.8) is 0 Å². The molecule has 1 aromatic rings. The molecule has 2 heterocycles. The summed E-state index contributed by atoms with van der Waals surface area (Å²) in [6, 6.07) is 8.24. The Kier molecular flexibility index (Phi) is 5.71. The molecule has 3 rings (SSSR count). The van der Waals surface area contributed by atoms with Crippen LogP contribution in [-0.4, -0.2) is 35.7 Å². The average molecular weight is 372 g/mol. The number of hydrogen-bond acceptors (Lipinski definition) is 6. The molecule has 0 spiro atoms. The first kappa shape index (κ1) is 18.6. The van der Waals surface area contributed by atoms with Crippen LogP contribution in [0.25, 0.3) is 0 Å². The number of allylic oxidation sites excluding steroid dienone is 1. The molecule has 0 saturated carbocycles. The summed E-state index contributed by atoms with van der Waals surface area (Å²) in [6.07, 6.45) is 1.98. The zero-order valence-electron chi connectivity index (χ0n) is 15.7. The number of thioether (sulfide) groups is 1. The van der Waals surface area contributed by atoms with Crippen molar-refractivity contribution in [1.29, 1.82) is 0 Å². The first-order chi connectivity index (χ1) is 12.6. The van der Waals surface area contributed by atoms with Gasteiger partial charge in [0.1, 0.15) is 0 Å². The molecule has 0 aromatic heterocycles. The van der Waals surface area contributed by atoms with Crippen molar-refractivity contribution in [2.45, 2.75) is 33.7 Å². The molecule has 1 aromatic carbocycles. The minimum absolute atomic E-state index is 0.210. The third-order valence-corrected chi connectivity index (χ3v) is 5.42. The van der Waals surface area contributed by atoms with Crippen LogP contribution in [0.4, 0.5) is 5.69 Å². The van der Waals surface area contributed by atoms with E-state index in [2.05, 4.69) is 52.9 Å². The summed E-state index contributed by atoms with van der Waals surface area (Å²) in [4.78, 5) is 21.6. The molecule has 0 N–H and O–H groups in total. The van der Waals surface area contributed by atoms with Crippen LogP contribution < -0.4 is 4.90 Å². The summed E-state index contributed by atoms with van der Waals surface area (Å²) in [6.45, 7) is 10.3. The second-order valence-electron chi connectivity index (χ2n) is 6.09. The van der Waals surface area contributed by atoms with Gasteiger partial charge in [0.15, 0.2) is 5.17 Å². The van der Waals surface area contributed by atoms with Gasteiger partial charge in [-0.1, -0.05) is 23.9 Å². The molecule has 0 aliphatic carbocycles. The molecular weight excluding hydrogens is 346 g/mol. The van der Waals surface area contributed by atoms with Crippen LogP contribution in [0.5, 0.6) is 0 Å². The molecule has 5 nitrogen and oxygen atoms in total. The average Bonchev–Trinajstić information content (AvgIpc) is 3.10. The van der Waals surface area contributed by atoms with E-state index in [0.29, 0.717) is 12.2 Å². The van der Waals surface area contributed by atoms with E-state index in [1.165, 1.54) is 5.69 Å². The maximum absolute atomic E-state index is 12.6. The number of aliphatic imine (C=N–C) groups is 1. The number of hydrogen-bond donors (Lipinski definition) is 0. The van der Waals surface area contributed by atoms with Crippen molar-refractivity contribution in [1.82, 2.24) is 4.90 Å². The highest BCUT2D eigenvalue weighted by Crippen LogP contribution is 2.41. The van der Waals surface area contributed by atoms with E-state index >= 15 is 0 Å². The lowest BCUT2D eigenvalue weighted by Gasteiger charge is -2.33. The Bertz CT molecular complexity index is 764. The number of esters is 1. The fourth-order valence-electron chi connectivity index (χ4n) is 3.35. The van der Waals surface area contributed by atoms with Crippen LogP contribution >= 0.6 is 11.8 Å². The van der Waals surface area contributed by atoms with E-state index in [4.69, 9.17) is 4.74 Å². The first-order valence-corrected chi connectivity index (χ1v) is 9.91. The van der Waals surface area contributed by atoms with Crippen LogP contribution in [0.1, 0.15) is 39.3 Å². The number of anilines is 1. The highest BCUT2D eigenvalue weighted by atomic mass is 32.2. The van der Waals surface area contributed by atoms with Crippen LogP contribution in [0.15, 0.2) is 52.1 Å². The standard InChI is InChI=1S/C20H25N3O2S/c1-5-22(6-2)16-10-8-15(9-11-16)18-17(19(24)25-7-3)14(4)21-20-23(18)12-13-26-20/h8-13,18H,5-7H2,1-4H3/t18-/m0/s1. The highest BCUT2D eigenvalue weighted by molar-refractivity contribution is 8.16. The first-order valence-electron chi connectivity index (χ1n) is 9.03. The molecule has 0 saturated heterocycles. The Morgan fingerprint density at radius 1 is 1.23 bits per heavy atom. The predicted octanol–water partition coefficient (Wildman–Crippen LogP) is 4.30. The molecule has 0 bridgehead atoms. The summed E-state index contributed by atoms with van der Waals surface area (Å²) < 4.78 is 5.32. The van der Waals surface area contributed by atoms with Gasteiger partial charge in [0.25, 0.3) is 0 Å². The Morgan fingerprint density at radius 3 is 2.54 bits per heavy atom. The van der Waals surface area contributed by atoms with E-state index in [0.717, 1.165) is 29.5 Å². The smallest absolute Gasteiger partial charge is 0.338 e. The highest BCUT2D eigenvalue weighted by Gasteiger charge is 2.37. The third-order valence-electron chi connectivity index (χ3n) is 4.65.